The van der Waals surface area contributed by atoms with Crippen molar-refractivity contribution in [2.24, 2.45) is 4.99 Å². The molecule has 1 heterocycles. The summed E-state index contributed by atoms with van der Waals surface area (Å²) in [6.07, 6.45) is 6.61. The lowest BCUT2D eigenvalue weighted by Gasteiger charge is -2.03. The fraction of sp³-hybridized carbons (Fsp3) is 0.0476. The van der Waals surface area contributed by atoms with E-state index in [-0.39, 0.29) is 12.4 Å². The Labute approximate surface area is 150 Å². The fourth-order valence-corrected chi connectivity index (χ4v) is 2.27. The van der Waals surface area contributed by atoms with Crippen LogP contribution in [0.15, 0.2) is 70.1 Å². The summed E-state index contributed by atoms with van der Waals surface area (Å²) in [6, 6.07) is 17.2. The summed E-state index contributed by atoms with van der Waals surface area (Å²) in [4.78, 5) is 16.1. The maximum absolute atomic E-state index is 11.9. The Hall–Kier alpha value is -3.78. The number of aromatic hydroxyl groups is 1. The molecule has 0 spiro atoms. The van der Waals surface area contributed by atoms with Crippen LogP contribution in [0.2, 0.25) is 0 Å². The maximum Gasteiger partial charge on any atom is 0.339 e. The Bertz CT molecular complexity index is 995. The average molecular weight is 345 g/mol. The van der Waals surface area contributed by atoms with Crippen molar-refractivity contribution in [1.82, 2.24) is 0 Å². The third-order valence-electron chi connectivity index (χ3n) is 3.51. The van der Waals surface area contributed by atoms with E-state index in [0.29, 0.717) is 22.8 Å². The quantitative estimate of drug-likeness (QED) is 0.427. The van der Waals surface area contributed by atoms with Crippen LogP contribution in [0.5, 0.6) is 5.75 Å². The van der Waals surface area contributed by atoms with Crippen LogP contribution >= 0.6 is 0 Å². The minimum Gasteiger partial charge on any atom is -0.506 e. The van der Waals surface area contributed by atoms with Crippen LogP contribution in [0.25, 0.3) is 11.3 Å². The number of nitrogens with zero attached hydrogens (tertiary/aromatic N) is 1. The molecule has 0 amide bonds. The number of carbonyl (C=O) groups is 1. The topological polar surface area (TPSA) is 72.0 Å². The molecule has 5 nitrogen and oxygen atoms in total. The first kappa shape index (κ1) is 17.1. The minimum atomic E-state index is -0.488. The monoisotopic (exact) mass is 345 g/mol. The van der Waals surface area contributed by atoms with Gasteiger partial charge < -0.3 is 14.3 Å². The predicted octanol–water partition coefficient (Wildman–Crippen LogP) is 4.19. The standard InChI is InChI=1S/C21H15NO4/c1-2-12-25-21(24)16-7-5-6-15(13-16)20-11-10-17(26-20)14-22-18-8-3-4-9-19(18)23/h1,3-11,13-14,23H,12H2. The van der Waals surface area contributed by atoms with Crippen molar-refractivity contribution in [2.45, 2.75) is 0 Å². The van der Waals surface area contributed by atoms with Crippen molar-refractivity contribution in [3.05, 3.63) is 72.0 Å². The number of benzene rings is 2. The first-order valence-electron chi connectivity index (χ1n) is 7.80. The van der Waals surface area contributed by atoms with Gasteiger partial charge in [0, 0.05) is 5.56 Å². The summed E-state index contributed by atoms with van der Waals surface area (Å²) >= 11 is 0. The second-order valence-electron chi connectivity index (χ2n) is 5.31. The Kier molecular flexibility index (Phi) is 5.16. The molecule has 0 fully saturated rings. The van der Waals surface area contributed by atoms with E-state index in [1.807, 2.05) is 6.07 Å². The number of para-hydroxylation sites is 2. The molecule has 1 aromatic heterocycles. The largest absolute Gasteiger partial charge is 0.506 e. The molecule has 0 aliphatic heterocycles. The van der Waals surface area contributed by atoms with Gasteiger partial charge in [0.15, 0.2) is 6.61 Å². The molecule has 0 unspecified atom stereocenters. The number of esters is 1. The normalized spacial score (nSPS) is 10.6. The zero-order valence-corrected chi connectivity index (χ0v) is 13.8. The summed E-state index contributed by atoms with van der Waals surface area (Å²) in [7, 11) is 0. The molecular weight excluding hydrogens is 330 g/mol. The molecule has 0 aliphatic rings. The highest BCUT2D eigenvalue weighted by molar-refractivity contribution is 5.91. The van der Waals surface area contributed by atoms with Gasteiger partial charge in [-0.15, -0.1) is 6.42 Å². The summed E-state index contributed by atoms with van der Waals surface area (Å²) < 4.78 is 10.7. The molecule has 0 bridgehead atoms. The zero-order valence-electron chi connectivity index (χ0n) is 13.8. The van der Waals surface area contributed by atoms with Crippen molar-refractivity contribution in [2.75, 3.05) is 6.61 Å². The SMILES string of the molecule is C#CCOC(=O)c1cccc(-c2ccc(C=Nc3ccccc3O)o2)c1. The highest BCUT2D eigenvalue weighted by Crippen LogP contribution is 2.26. The van der Waals surface area contributed by atoms with E-state index in [2.05, 4.69) is 10.9 Å². The number of phenolic OH excluding ortho intramolecular Hbond substituents is 1. The van der Waals surface area contributed by atoms with Gasteiger partial charge in [-0.1, -0.05) is 30.2 Å². The minimum absolute atomic E-state index is 0.0727. The number of hydrogen-bond donors (Lipinski definition) is 1. The van der Waals surface area contributed by atoms with Crippen LogP contribution in [-0.2, 0) is 4.74 Å². The number of rotatable bonds is 5. The number of ether oxygens (including phenoxy) is 1. The Morgan fingerprint density at radius 2 is 2.04 bits per heavy atom. The second-order valence-corrected chi connectivity index (χ2v) is 5.31. The first-order valence-corrected chi connectivity index (χ1v) is 7.80. The molecule has 3 aromatic rings. The summed E-state index contributed by atoms with van der Waals surface area (Å²) in [5, 5.41) is 9.72. The summed E-state index contributed by atoms with van der Waals surface area (Å²) in [6.45, 7) is -0.0727. The van der Waals surface area contributed by atoms with Crippen molar-refractivity contribution in [1.29, 1.82) is 0 Å². The van der Waals surface area contributed by atoms with E-state index in [1.165, 1.54) is 6.21 Å². The number of carbonyl (C=O) groups excluding carboxylic acids is 1. The number of aliphatic imine (C=N–C) groups is 1. The highest BCUT2D eigenvalue weighted by Gasteiger charge is 2.10. The Morgan fingerprint density at radius 1 is 1.19 bits per heavy atom. The van der Waals surface area contributed by atoms with Gasteiger partial charge in [-0.25, -0.2) is 9.79 Å². The Balaban J connectivity index is 1.79. The van der Waals surface area contributed by atoms with E-state index in [9.17, 15) is 9.90 Å². The lowest BCUT2D eigenvalue weighted by atomic mass is 10.1. The van der Waals surface area contributed by atoms with E-state index in [4.69, 9.17) is 15.6 Å². The molecule has 0 radical (unpaired) electrons. The molecule has 128 valence electrons. The smallest absolute Gasteiger partial charge is 0.339 e. The van der Waals surface area contributed by atoms with Crippen LogP contribution in [0.3, 0.4) is 0 Å². The fourth-order valence-electron chi connectivity index (χ4n) is 2.27. The van der Waals surface area contributed by atoms with Gasteiger partial charge in [0.05, 0.1) is 11.8 Å². The van der Waals surface area contributed by atoms with E-state index >= 15 is 0 Å². The van der Waals surface area contributed by atoms with Gasteiger partial charge in [0.25, 0.3) is 0 Å². The number of hydrogen-bond acceptors (Lipinski definition) is 5. The molecule has 3 rings (SSSR count). The summed E-state index contributed by atoms with van der Waals surface area (Å²) in [5.74, 6) is 2.95. The number of phenols is 1. The van der Waals surface area contributed by atoms with Crippen molar-refractivity contribution < 1.29 is 19.1 Å². The first-order chi connectivity index (χ1) is 12.7. The maximum atomic E-state index is 11.9. The molecule has 0 saturated heterocycles. The van der Waals surface area contributed by atoms with E-state index in [1.54, 1.807) is 54.6 Å². The van der Waals surface area contributed by atoms with Gasteiger partial charge in [-0.3, -0.25) is 0 Å². The average Bonchev–Trinajstić information content (AvgIpc) is 3.14. The van der Waals surface area contributed by atoms with Gasteiger partial charge in [0.2, 0.25) is 0 Å². The molecule has 2 aromatic carbocycles. The second kappa shape index (κ2) is 7.86. The predicted molar refractivity (Wildman–Crippen MR) is 98.6 cm³/mol. The number of furan rings is 1. The number of terminal acetylenes is 1. The molecule has 0 atom stereocenters. The van der Waals surface area contributed by atoms with Crippen LogP contribution in [-0.4, -0.2) is 23.9 Å². The zero-order chi connectivity index (χ0) is 18.4. The lowest BCUT2D eigenvalue weighted by Crippen LogP contribution is -2.05. The van der Waals surface area contributed by atoms with Gasteiger partial charge in [-0.2, -0.15) is 0 Å². The van der Waals surface area contributed by atoms with E-state index < -0.39 is 5.97 Å². The molecule has 26 heavy (non-hydrogen) atoms. The van der Waals surface area contributed by atoms with Crippen molar-refractivity contribution >= 4 is 17.9 Å². The van der Waals surface area contributed by atoms with Crippen molar-refractivity contribution in [3.63, 3.8) is 0 Å². The third kappa shape index (κ3) is 4.00. The lowest BCUT2D eigenvalue weighted by molar-refractivity contribution is 0.0557. The van der Waals surface area contributed by atoms with Crippen LogP contribution < -0.4 is 0 Å². The highest BCUT2D eigenvalue weighted by atomic mass is 16.5. The molecule has 0 saturated carbocycles. The molecular formula is C21H15NO4. The molecule has 0 aliphatic carbocycles. The molecule has 5 heteroatoms. The van der Waals surface area contributed by atoms with Crippen LogP contribution in [0, 0.1) is 12.3 Å². The van der Waals surface area contributed by atoms with E-state index in [0.717, 1.165) is 5.56 Å². The van der Waals surface area contributed by atoms with Gasteiger partial charge in [-0.05, 0) is 36.4 Å². The Morgan fingerprint density at radius 3 is 2.85 bits per heavy atom. The van der Waals surface area contributed by atoms with Crippen LogP contribution in [0.4, 0.5) is 5.69 Å². The van der Waals surface area contributed by atoms with Gasteiger partial charge in [0.1, 0.15) is 23.0 Å². The molecule has 1 N–H and O–H groups in total. The van der Waals surface area contributed by atoms with Crippen molar-refractivity contribution in [3.8, 4) is 29.4 Å². The third-order valence-corrected chi connectivity index (χ3v) is 3.51. The van der Waals surface area contributed by atoms with Gasteiger partial charge >= 0.3 is 5.97 Å². The summed E-state index contributed by atoms with van der Waals surface area (Å²) in [5.41, 5.74) is 1.56. The van der Waals surface area contributed by atoms with Crippen LogP contribution in [0.1, 0.15) is 16.1 Å².